The van der Waals surface area contributed by atoms with Crippen molar-refractivity contribution >= 4 is 17.5 Å². The molecule has 0 saturated carbocycles. The Morgan fingerprint density at radius 3 is 2.22 bits per heavy atom. The molecule has 0 aliphatic carbocycles. The van der Waals surface area contributed by atoms with E-state index in [1.807, 2.05) is 66.7 Å². The average Bonchev–Trinajstić information content (AvgIpc) is 2.83. The van der Waals surface area contributed by atoms with Gasteiger partial charge in [-0.1, -0.05) is 84.4 Å². The van der Waals surface area contributed by atoms with Crippen molar-refractivity contribution in [1.29, 1.82) is 0 Å². The van der Waals surface area contributed by atoms with Gasteiger partial charge in [-0.05, 0) is 53.9 Å². The summed E-state index contributed by atoms with van der Waals surface area (Å²) < 4.78 is 5.83. The van der Waals surface area contributed by atoms with Crippen LogP contribution in [0, 0.1) is 6.92 Å². The summed E-state index contributed by atoms with van der Waals surface area (Å²) in [6.45, 7) is 2.43. The summed E-state index contributed by atoms with van der Waals surface area (Å²) >= 11 is 6.18. The highest BCUT2D eigenvalue weighted by atomic mass is 35.5. The van der Waals surface area contributed by atoms with Crippen LogP contribution in [0.25, 0.3) is 0 Å². The second-order valence-corrected chi connectivity index (χ2v) is 7.99. The van der Waals surface area contributed by atoms with Crippen molar-refractivity contribution in [2.75, 3.05) is 0 Å². The Morgan fingerprint density at radius 2 is 1.50 bits per heavy atom. The first kappa shape index (κ1) is 21.7. The lowest BCUT2D eigenvalue weighted by molar-refractivity contribution is 0.0943. The summed E-state index contributed by atoms with van der Waals surface area (Å²) in [6.07, 6.45) is 0. The van der Waals surface area contributed by atoms with Gasteiger partial charge in [-0.15, -0.1) is 0 Å². The molecule has 1 atom stereocenters. The topological polar surface area (TPSA) is 38.3 Å². The van der Waals surface area contributed by atoms with E-state index in [0.717, 1.165) is 22.3 Å². The molecule has 0 fully saturated rings. The highest BCUT2D eigenvalue weighted by Crippen LogP contribution is 2.26. The van der Waals surface area contributed by atoms with E-state index in [2.05, 4.69) is 24.4 Å². The number of halogens is 1. The van der Waals surface area contributed by atoms with Gasteiger partial charge in [0.1, 0.15) is 12.4 Å². The van der Waals surface area contributed by atoms with Crippen LogP contribution in [-0.4, -0.2) is 5.91 Å². The summed E-state index contributed by atoms with van der Waals surface area (Å²) in [7, 11) is 0. The molecule has 0 saturated heterocycles. The van der Waals surface area contributed by atoms with Crippen molar-refractivity contribution in [3.63, 3.8) is 0 Å². The Hall–Kier alpha value is -3.56. The fraction of sp³-hybridized carbons (Fsp3) is 0.107. The standard InChI is InChI=1S/C28H24ClNO2/c1-20-9-5-7-13-25(20)27(21-10-3-2-4-11-21)30-28(31)22-15-17-24(18-16-22)32-19-23-12-6-8-14-26(23)29/h2-18,27H,19H2,1H3,(H,30,31)/t27-/m0/s1. The van der Waals surface area contributed by atoms with Crippen LogP contribution in [0.2, 0.25) is 5.02 Å². The Kier molecular flexibility index (Phi) is 6.88. The molecule has 0 radical (unpaired) electrons. The molecular weight excluding hydrogens is 418 g/mol. The number of carbonyl (C=O) groups excluding carboxylic acids is 1. The highest BCUT2D eigenvalue weighted by molar-refractivity contribution is 6.31. The van der Waals surface area contributed by atoms with Crippen LogP contribution in [0.4, 0.5) is 0 Å². The molecule has 4 aromatic carbocycles. The molecule has 160 valence electrons. The van der Waals surface area contributed by atoms with Crippen molar-refractivity contribution in [1.82, 2.24) is 5.32 Å². The van der Waals surface area contributed by atoms with Gasteiger partial charge in [-0.2, -0.15) is 0 Å². The maximum absolute atomic E-state index is 13.1. The summed E-state index contributed by atoms with van der Waals surface area (Å²) in [4.78, 5) is 13.1. The Balaban J connectivity index is 1.49. The largest absolute Gasteiger partial charge is 0.489 e. The number of hydrogen-bond acceptors (Lipinski definition) is 2. The second-order valence-electron chi connectivity index (χ2n) is 7.58. The first-order valence-electron chi connectivity index (χ1n) is 10.5. The number of aryl methyl sites for hydroxylation is 1. The number of nitrogens with one attached hydrogen (secondary N) is 1. The van der Waals surface area contributed by atoms with Gasteiger partial charge in [0.2, 0.25) is 0 Å². The smallest absolute Gasteiger partial charge is 0.252 e. The Morgan fingerprint density at radius 1 is 0.844 bits per heavy atom. The van der Waals surface area contributed by atoms with Crippen LogP contribution in [0.1, 0.15) is 38.7 Å². The predicted molar refractivity (Wildman–Crippen MR) is 129 cm³/mol. The summed E-state index contributed by atoms with van der Waals surface area (Å²) in [5.41, 5.74) is 4.73. The van der Waals surface area contributed by atoms with Crippen LogP contribution in [-0.2, 0) is 6.61 Å². The molecule has 4 heteroatoms. The van der Waals surface area contributed by atoms with E-state index in [9.17, 15) is 4.79 Å². The minimum absolute atomic E-state index is 0.139. The van der Waals surface area contributed by atoms with Gasteiger partial charge >= 0.3 is 0 Å². The van der Waals surface area contributed by atoms with Gasteiger partial charge in [-0.25, -0.2) is 0 Å². The van der Waals surface area contributed by atoms with Crippen molar-refractivity contribution in [3.8, 4) is 5.75 Å². The first-order valence-corrected chi connectivity index (χ1v) is 10.9. The van der Waals surface area contributed by atoms with Crippen molar-refractivity contribution in [2.45, 2.75) is 19.6 Å². The lowest BCUT2D eigenvalue weighted by Gasteiger charge is -2.22. The predicted octanol–water partition coefficient (Wildman–Crippen LogP) is 6.75. The minimum atomic E-state index is -0.235. The first-order chi connectivity index (χ1) is 15.6. The Labute approximate surface area is 193 Å². The van der Waals surface area contributed by atoms with Crippen molar-refractivity contribution < 1.29 is 9.53 Å². The number of amides is 1. The number of rotatable bonds is 7. The summed E-state index contributed by atoms with van der Waals surface area (Å²) in [5, 5.41) is 3.87. The quantitative estimate of drug-likeness (QED) is 0.344. The minimum Gasteiger partial charge on any atom is -0.489 e. The SMILES string of the molecule is Cc1ccccc1[C@@H](NC(=O)c1ccc(OCc2ccccc2Cl)cc1)c1ccccc1. The third-order valence-corrected chi connectivity index (χ3v) is 5.75. The van der Waals surface area contributed by atoms with E-state index in [1.54, 1.807) is 24.3 Å². The highest BCUT2D eigenvalue weighted by Gasteiger charge is 2.19. The van der Waals surface area contributed by atoms with E-state index >= 15 is 0 Å². The fourth-order valence-corrected chi connectivity index (χ4v) is 3.78. The number of ether oxygens (including phenoxy) is 1. The fourth-order valence-electron chi connectivity index (χ4n) is 3.59. The van der Waals surface area contributed by atoms with E-state index < -0.39 is 0 Å². The van der Waals surface area contributed by atoms with Gasteiger partial charge in [0.05, 0.1) is 6.04 Å². The maximum atomic E-state index is 13.1. The molecule has 0 heterocycles. The molecule has 0 aliphatic heterocycles. The number of carbonyl (C=O) groups is 1. The molecule has 0 aromatic heterocycles. The van der Waals surface area contributed by atoms with E-state index in [0.29, 0.717) is 22.9 Å². The number of hydrogen-bond donors (Lipinski definition) is 1. The zero-order valence-electron chi connectivity index (χ0n) is 17.8. The van der Waals surface area contributed by atoms with Crippen LogP contribution >= 0.6 is 11.6 Å². The molecule has 0 spiro atoms. The molecule has 3 nitrogen and oxygen atoms in total. The second kappa shape index (κ2) is 10.2. The zero-order chi connectivity index (χ0) is 22.3. The maximum Gasteiger partial charge on any atom is 0.252 e. The third kappa shape index (κ3) is 5.19. The lowest BCUT2D eigenvalue weighted by atomic mass is 9.94. The van der Waals surface area contributed by atoms with Gasteiger partial charge in [0.15, 0.2) is 0 Å². The van der Waals surface area contributed by atoms with Crippen molar-refractivity contribution in [2.24, 2.45) is 0 Å². The van der Waals surface area contributed by atoms with E-state index in [1.165, 1.54) is 0 Å². The van der Waals surface area contributed by atoms with Gasteiger partial charge in [0, 0.05) is 16.1 Å². The van der Waals surface area contributed by atoms with Crippen LogP contribution in [0.15, 0.2) is 103 Å². The van der Waals surface area contributed by atoms with Crippen molar-refractivity contribution in [3.05, 3.63) is 136 Å². The van der Waals surface area contributed by atoms with Crippen LogP contribution < -0.4 is 10.1 Å². The van der Waals surface area contributed by atoms with Gasteiger partial charge < -0.3 is 10.1 Å². The molecule has 1 amide bonds. The van der Waals surface area contributed by atoms with E-state index in [4.69, 9.17) is 16.3 Å². The normalized spacial score (nSPS) is 11.6. The third-order valence-electron chi connectivity index (χ3n) is 5.38. The molecule has 0 unspecified atom stereocenters. The van der Waals surface area contributed by atoms with Crippen LogP contribution in [0.3, 0.4) is 0 Å². The van der Waals surface area contributed by atoms with Crippen LogP contribution in [0.5, 0.6) is 5.75 Å². The molecular formula is C28H24ClNO2. The van der Waals surface area contributed by atoms with E-state index in [-0.39, 0.29) is 11.9 Å². The monoisotopic (exact) mass is 441 g/mol. The molecule has 0 aliphatic rings. The molecule has 1 N–H and O–H groups in total. The molecule has 0 bridgehead atoms. The molecule has 4 rings (SSSR count). The lowest BCUT2D eigenvalue weighted by Crippen LogP contribution is -2.29. The van der Waals surface area contributed by atoms with Gasteiger partial charge in [0.25, 0.3) is 5.91 Å². The van der Waals surface area contributed by atoms with Gasteiger partial charge in [-0.3, -0.25) is 4.79 Å². The average molecular weight is 442 g/mol. The molecule has 4 aromatic rings. The number of benzene rings is 4. The summed E-state index contributed by atoms with van der Waals surface area (Å²) in [5.74, 6) is 0.541. The molecule has 32 heavy (non-hydrogen) atoms. The zero-order valence-corrected chi connectivity index (χ0v) is 18.5. The summed E-state index contributed by atoms with van der Waals surface area (Å²) in [6, 6.07) is 32.6. The Bertz CT molecular complexity index is 1190.